The zero-order valence-electron chi connectivity index (χ0n) is 19.0. The molecule has 6 nitrogen and oxygen atoms in total. The molecule has 0 atom stereocenters. The van der Waals surface area contributed by atoms with Gasteiger partial charge in [0.1, 0.15) is 0 Å². The Morgan fingerprint density at radius 3 is 2.26 bits per heavy atom. The third kappa shape index (κ3) is 4.67. The molecule has 1 amide bonds. The third-order valence-corrected chi connectivity index (χ3v) is 6.28. The molecule has 170 valence electrons. The Balaban J connectivity index is 1.30. The molecule has 1 heterocycles. The van der Waals surface area contributed by atoms with Gasteiger partial charge >= 0.3 is 0 Å². The van der Waals surface area contributed by atoms with Crippen LogP contribution in [0.4, 0.5) is 5.69 Å². The van der Waals surface area contributed by atoms with Crippen molar-refractivity contribution in [3.63, 3.8) is 0 Å². The van der Waals surface area contributed by atoms with Crippen molar-refractivity contribution in [1.82, 2.24) is 9.80 Å². The molecule has 6 heteroatoms. The second-order valence-electron chi connectivity index (χ2n) is 8.79. The first-order valence-corrected chi connectivity index (χ1v) is 11.3. The molecule has 1 aliphatic heterocycles. The largest absolute Gasteiger partial charge is 0.337 e. The summed E-state index contributed by atoms with van der Waals surface area (Å²) < 4.78 is 0. The van der Waals surface area contributed by atoms with Crippen molar-refractivity contribution in [3.8, 4) is 11.1 Å². The fourth-order valence-corrected chi connectivity index (χ4v) is 4.25. The molecule has 1 fully saturated rings. The zero-order valence-corrected chi connectivity index (χ0v) is 19.0. The normalized spacial score (nSPS) is 13.1. The van der Waals surface area contributed by atoms with E-state index in [9.17, 15) is 14.9 Å². The number of fused-ring (bicyclic) bond motifs is 1. The molecule has 0 aromatic heterocycles. The number of rotatable bonds is 7. The summed E-state index contributed by atoms with van der Waals surface area (Å²) in [5.74, 6) is -0.0505. The van der Waals surface area contributed by atoms with Gasteiger partial charge < -0.3 is 4.90 Å². The number of nitrogens with zero attached hydrogens (tertiary/aromatic N) is 3. The molecule has 0 N–H and O–H groups in total. The van der Waals surface area contributed by atoms with Gasteiger partial charge in [-0.25, -0.2) is 0 Å². The molecular formula is C28H25N3O3. The van der Waals surface area contributed by atoms with Crippen molar-refractivity contribution in [3.05, 3.63) is 112 Å². The Labute approximate surface area is 198 Å². The van der Waals surface area contributed by atoms with Gasteiger partial charge in [0, 0.05) is 50.9 Å². The number of amides is 1. The Bertz CT molecular complexity index is 1360. The summed E-state index contributed by atoms with van der Waals surface area (Å²) in [6.45, 7) is 3.87. The number of benzene rings is 4. The molecule has 0 saturated carbocycles. The first-order valence-electron chi connectivity index (χ1n) is 11.3. The van der Waals surface area contributed by atoms with Crippen molar-refractivity contribution in [2.75, 3.05) is 20.1 Å². The molecule has 0 radical (unpaired) electrons. The quantitative estimate of drug-likeness (QED) is 0.211. The highest BCUT2D eigenvalue weighted by atomic mass is 16.6. The standard InChI is InChI=1S/C28H25N3O3/c1-29(19-25-4-2-3-24-17-20(5-14-27(24)25)18-30-15-16-30)28(32)23-8-6-21(7-9-23)22-10-12-26(13-11-22)31(33)34/h2-14,17H,15-16,18-19H2,1H3. The van der Waals surface area contributed by atoms with Crippen molar-refractivity contribution in [2.45, 2.75) is 13.1 Å². The van der Waals surface area contributed by atoms with Crippen LogP contribution in [0.1, 0.15) is 21.5 Å². The lowest BCUT2D eigenvalue weighted by Gasteiger charge is -2.19. The van der Waals surface area contributed by atoms with Gasteiger partial charge in [-0.3, -0.25) is 19.8 Å². The maximum atomic E-state index is 13.1. The van der Waals surface area contributed by atoms with Gasteiger partial charge in [0.25, 0.3) is 11.6 Å². The van der Waals surface area contributed by atoms with E-state index in [1.54, 1.807) is 29.2 Å². The molecule has 34 heavy (non-hydrogen) atoms. The Morgan fingerprint density at radius 2 is 1.62 bits per heavy atom. The van der Waals surface area contributed by atoms with Gasteiger partial charge in [-0.2, -0.15) is 0 Å². The van der Waals surface area contributed by atoms with Gasteiger partial charge in [0.05, 0.1) is 4.92 Å². The van der Waals surface area contributed by atoms with Crippen LogP contribution in [0, 0.1) is 10.1 Å². The molecule has 0 bridgehead atoms. The number of hydrogen-bond acceptors (Lipinski definition) is 4. The van der Waals surface area contributed by atoms with Crippen molar-refractivity contribution in [2.24, 2.45) is 0 Å². The van der Waals surface area contributed by atoms with Crippen molar-refractivity contribution in [1.29, 1.82) is 0 Å². The smallest absolute Gasteiger partial charge is 0.269 e. The summed E-state index contributed by atoms with van der Waals surface area (Å²) in [4.78, 5) is 27.6. The first kappa shape index (κ1) is 21.8. The van der Waals surface area contributed by atoms with Gasteiger partial charge in [-0.15, -0.1) is 0 Å². The van der Waals surface area contributed by atoms with E-state index in [1.165, 1.54) is 41.6 Å². The highest BCUT2D eigenvalue weighted by Gasteiger charge is 2.18. The van der Waals surface area contributed by atoms with Crippen molar-refractivity contribution >= 4 is 22.4 Å². The number of nitro groups is 1. The lowest BCUT2D eigenvalue weighted by Crippen LogP contribution is -2.26. The SMILES string of the molecule is CN(Cc1cccc2cc(CN3CC3)ccc12)C(=O)c1ccc(-c2ccc([N+](=O)[O-])cc2)cc1. The topological polar surface area (TPSA) is 66.5 Å². The average molecular weight is 452 g/mol. The van der Waals surface area contributed by atoms with E-state index in [0.29, 0.717) is 12.1 Å². The first-order chi connectivity index (χ1) is 16.5. The molecule has 1 saturated heterocycles. The molecule has 0 aliphatic carbocycles. The lowest BCUT2D eigenvalue weighted by atomic mass is 10.0. The van der Waals surface area contributed by atoms with Gasteiger partial charge in [0.2, 0.25) is 0 Å². The molecule has 4 aromatic carbocycles. The summed E-state index contributed by atoms with van der Waals surface area (Å²) in [6, 6.07) is 26.6. The number of nitro benzene ring substituents is 1. The maximum absolute atomic E-state index is 13.1. The molecular weight excluding hydrogens is 426 g/mol. The van der Waals surface area contributed by atoms with Crippen LogP contribution < -0.4 is 0 Å². The molecule has 5 rings (SSSR count). The third-order valence-electron chi connectivity index (χ3n) is 6.28. The van der Waals surface area contributed by atoms with Crippen LogP contribution >= 0.6 is 0 Å². The molecule has 1 aliphatic rings. The maximum Gasteiger partial charge on any atom is 0.269 e. The molecule has 4 aromatic rings. The van der Waals surface area contributed by atoms with E-state index in [4.69, 9.17) is 0 Å². The fraction of sp³-hybridized carbons (Fsp3) is 0.179. The van der Waals surface area contributed by atoms with E-state index in [-0.39, 0.29) is 11.6 Å². The van der Waals surface area contributed by atoms with E-state index in [2.05, 4.69) is 41.3 Å². The monoisotopic (exact) mass is 451 g/mol. The van der Waals surface area contributed by atoms with E-state index < -0.39 is 4.92 Å². The minimum atomic E-state index is -0.414. The van der Waals surface area contributed by atoms with Crippen LogP contribution in [-0.2, 0) is 13.1 Å². The highest BCUT2D eigenvalue weighted by molar-refractivity contribution is 5.95. The number of hydrogen-bond donors (Lipinski definition) is 0. The van der Waals surface area contributed by atoms with Gasteiger partial charge in [-0.1, -0.05) is 42.5 Å². The van der Waals surface area contributed by atoms with Crippen LogP contribution in [0.15, 0.2) is 84.9 Å². The lowest BCUT2D eigenvalue weighted by molar-refractivity contribution is -0.384. The second-order valence-corrected chi connectivity index (χ2v) is 8.79. The Morgan fingerprint density at radius 1 is 0.941 bits per heavy atom. The molecule has 0 unspecified atom stereocenters. The summed E-state index contributed by atoms with van der Waals surface area (Å²) in [7, 11) is 1.82. The Kier molecular flexibility index (Phi) is 5.82. The minimum Gasteiger partial charge on any atom is -0.337 e. The van der Waals surface area contributed by atoms with Gasteiger partial charge in [0.15, 0.2) is 0 Å². The second kappa shape index (κ2) is 9.08. The van der Waals surface area contributed by atoms with Crippen molar-refractivity contribution < 1.29 is 9.72 Å². The zero-order chi connectivity index (χ0) is 23.7. The predicted molar refractivity (Wildman–Crippen MR) is 134 cm³/mol. The summed E-state index contributed by atoms with van der Waals surface area (Å²) in [5, 5.41) is 13.2. The number of carbonyl (C=O) groups is 1. The number of non-ortho nitro benzene ring substituents is 1. The van der Waals surface area contributed by atoms with Crippen LogP contribution in [-0.4, -0.2) is 40.8 Å². The minimum absolute atomic E-state index is 0.0505. The van der Waals surface area contributed by atoms with Crippen LogP contribution in [0.25, 0.3) is 21.9 Å². The van der Waals surface area contributed by atoms with Crippen LogP contribution in [0.2, 0.25) is 0 Å². The van der Waals surface area contributed by atoms with Gasteiger partial charge in [-0.05, 0) is 63.4 Å². The highest BCUT2D eigenvalue weighted by Crippen LogP contribution is 2.25. The van der Waals surface area contributed by atoms with Crippen LogP contribution in [0.3, 0.4) is 0 Å². The Hall–Kier alpha value is -4.03. The average Bonchev–Trinajstić information content (AvgIpc) is 3.68. The van der Waals surface area contributed by atoms with Crippen LogP contribution in [0.5, 0.6) is 0 Å². The summed E-state index contributed by atoms with van der Waals surface area (Å²) >= 11 is 0. The van der Waals surface area contributed by atoms with E-state index in [1.807, 2.05) is 19.2 Å². The van der Waals surface area contributed by atoms with E-state index in [0.717, 1.165) is 23.2 Å². The molecule has 0 spiro atoms. The fourth-order valence-electron chi connectivity index (χ4n) is 4.25. The summed E-state index contributed by atoms with van der Waals surface area (Å²) in [6.07, 6.45) is 0. The van der Waals surface area contributed by atoms with E-state index >= 15 is 0 Å². The number of carbonyl (C=O) groups excluding carboxylic acids is 1. The predicted octanol–water partition coefficient (Wildman–Crippen LogP) is 5.50. The summed E-state index contributed by atoms with van der Waals surface area (Å²) in [5.41, 5.74) is 4.87.